The number of benzene rings is 2. The van der Waals surface area contributed by atoms with Crippen LogP contribution < -0.4 is 21.7 Å². The number of nitrogens with one attached hydrogen (secondary N) is 5. The van der Waals surface area contributed by atoms with Crippen LogP contribution >= 0.6 is 0 Å². The molecule has 0 radical (unpaired) electrons. The first-order valence-electron chi connectivity index (χ1n) is 12.5. The highest BCUT2D eigenvalue weighted by atomic mass is 16.4. The highest BCUT2D eigenvalue weighted by Gasteiger charge is 2.36. The lowest BCUT2D eigenvalue weighted by Gasteiger charge is -2.30. The Morgan fingerprint density at radius 1 is 1.03 bits per heavy atom. The molecule has 1 unspecified atom stereocenters. The maximum atomic E-state index is 14.0. The molecule has 0 spiro atoms. The van der Waals surface area contributed by atoms with Gasteiger partial charge in [0, 0.05) is 17.7 Å². The van der Waals surface area contributed by atoms with E-state index in [0.717, 1.165) is 17.5 Å². The first-order valence-corrected chi connectivity index (χ1v) is 12.5. The van der Waals surface area contributed by atoms with Gasteiger partial charge in [0.2, 0.25) is 5.91 Å². The lowest BCUT2D eigenvalue weighted by atomic mass is 9.84. The van der Waals surface area contributed by atoms with Crippen LogP contribution in [0, 0.1) is 5.41 Å². The molecule has 1 saturated heterocycles. The molecule has 3 aromatic rings. The van der Waals surface area contributed by atoms with Crippen molar-refractivity contribution in [1.29, 1.82) is 5.41 Å². The molecule has 1 fully saturated rings. The van der Waals surface area contributed by atoms with Gasteiger partial charge in [0.15, 0.2) is 5.78 Å². The number of nitrogens with two attached hydrogens (primary N) is 1. The molecule has 2 heterocycles. The van der Waals surface area contributed by atoms with Crippen LogP contribution in [0.15, 0.2) is 72.9 Å². The van der Waals surface area contributed by atoms with Gasteiger partial charge in [-0.3, -0.25) is 25.1 Å². The molecule has 38 heavy (non-hydrogen) atoms. The molecule has 0 bridgehead atoms. The summed E-state index contributed by atoms with van der Waals surface area (Å²) in [5, 5.41) is 26.1. The smallest absolute Gasteiger partial charge is 0.317 e. The number of hydrogen-bond donors (Lipinski definition) is 7. The molecule has 1 amide bonds. The molecule has 3 atom stereocenters. The Labute approximate surface area is 220 Å². The number of carbonyl (C=O) groups excluding carboxylic acids is 2. The van der Waals surface area contributed by atoms with Gasteiger partial charge in [0.1, 0.15) is 11.9 Å². The molecule has 8 N–H and O–H groups in total. The highest BCUT2D eigenvalue weighted by Crippen LogP contribution is 2.29. The van der Waals surface area contributed by atoms with Gasteiger partial charge < -0.3 is 26.5 Å². The van der Waals surface area contributed by atoms with Crippen LogP contribution in [0.4, 0.5) is 0 Å². The zero-order valence-corrected chi connectivity index (χ0v) is 20.8. The zero-order chi connectivity index (χ0) is 27.1. The number of carboxylic acids is 1. The normalized spacial score (nSPS) is 16.6. The van der Waals surface area contributed by atoms with E-state index in [1.165, 1.54) is 0 Å². The summed E-state index contributed by atoms with van der Waals surface area (Å²) < 4.78 is 0. The Balaban J connectivity index is 1.72. The predicted molar refractivity (Wildman–Crippen MR) is 143 cm³/mol. The minimum atomic E-state index is -1.11. The maximum Gasteiger partial charge on any atom is 0.317 e. The van der Waals surface area contributed by atoms with Crippen LogP contribution in [-0.2, 0) is 14.4 Å². The number of ketones is 1. The minimum Gasteiger partial charge on any atom is -0.480 e. The van der Waals surface area contributed by atoms with Crippen molar-refractivity contribution in [3.63, 3.8) is 0 Å². The quantitative estimate of drug-likeness (QED) is 0.142. The second-order valence-corrected chi connectivity index (χ2v) is 9.30. The molecular weight excluding hydrogens is 484 g/mol. The number of rotatable bonds is 12. The van der Waals surface area contributed by atoms with Gasteiger partial charge in [-0.15, -0.1) is 0 Å². The van der Waals surface area contributed by atoms with Crippen molar-refractivity contribution >= 4 is 23.5 Å². The number of carboxylic acid groups (broad SMARTS) is 1. The number of aromatic amines is 1. The summed E-state index contributed by atoms with van der Waals surface area (Å²) >= 11 is 0. The summed E-state index contributed by atoms with van der Waals surface area (Å²) in [7, 11) is 0. The molecule has 10 heteroatoms. The van der Waals surface area contributed by atoms with Crippen molar-refractivity contribution in [2.24, 2.45) is 5.73 Å². The van der Waals surface area contributed by atoms with Gasteiger partial charge in [-0.05, 0) is 36.6 Å². The Kier molecular flexibility index (Phi) is 8.67. The van der Waals surface area contributed by atoms with Crippen LogP contribution in [0.3, 0.4) is 0 Å². The van der Waals surface area contributed by atoms with E-state index >= 15 is 0 Å². The molecular formula is C28H32N6O4. The van der Waals surface area contributed by atoms with Crippen molar-refractivity contribution in [1.82, 2.24) is 20.9 Å². The van der Waals surface area contributed by atoms with E-state index in [2.05, 4.69) is 20.9 Å². The number of carbonyl (C=O) groups is 3. The molecule has 2 aromatic carbocycles. The van der Waals surface area contributed by atoms with Crippen molar-refractivity contribution in [3.8, 4) is 0 Å². The number of aliphatic carboxylic acids is 1. The number of nitrogen functional groups attached to an aromatic ring is 1. The van der Waals surface area contributed by atoms with Crippen molar-refractivity contribution in [2.75, 3.05) is 13.1 Å². The number of aromatic nitrogens is 1. The van der Waals surface area contributed by atoms with Crippen molar-refractivity contribution < 1.29 is 19.5 Å². The van der Waals surface area contributed by atoms with Crippen LogP contribution in [0.25, 0.3) is 0 Å². The van der Waals surface area contributed by atoms with E-state index in [-0.39, 0.29) is 11.6 Å². The summed E-state index contributed by atoms with van der Waals surface area (Å²) in [6.07, 6.45) is 3.04. The maximum absolute atomic E-state index is 14.0. The molecule has 1 aromatic heterocycles. The fraction of sp³-hybridized carbons (Fsp3) is 0.286. The third kappa shape index (κ3) is 6.34. The van der Waals surface area contributed by atoms with Crippen LogP contribution in [0.1, 0.15) is 47.2 Å². The van der Waals surface area contributed by atoms with E-state index in [0.29, 0.717) is 24.2 Å². The Hall–Kier alpha value is -4.28. The average molecular weight is 517 g/mol. The summed E-state index contributed by atoms with van der Waals surface area (Å²) in [6.45, 7) is 0.255. The first kappa shape index (κ1) is 26.8. The molecule has 10 nitrogen and oxygen atoms in total. The van der Waals surface area contributed by atoms with Gasteiger partial charge >= 0.3 is 5.97 Å². The number of H-pyrrole nitrogens is 1. The van der Waals surface area contributed by atoms with Crippen LogP contribution in [-0.4, -0.2) is 58.8 Å². The second-order valence-electron chi connectivity index (χ2n) is 9.30. The van der Waals surface area contributed by atoms with Crippen molar-refractivity contribution in [2.45, 2.75) is 36.9 Å². The standard InChI is InChI=1S/C28H32N6O4/c29-27(30)21-14-19(15-32-21)24(26(37)20-12-7-13-31-20)34-28(38)25(33-16-22(35)36)23(17-8-3-1-4-9-17)18-10-5-2-6-11-18/h1-6,8-11,14-15,20,23-25,31-33H,7,12-13,16H2,(H3,29,30)(H,34,38)(H,35,36)/t20-,24?,25+/m0/s1. The van der Waals surface area contributed by atoms with E-state index in [1.54, 1.807) is 12.3 Å². The molecule has 0 saturated carbocycles. The highest BCUT2D eigenvalue weighted by molar-refractivity contribution is 5.97. The molecule has 1 aliphatic heterocycles. The van der Waals surface area contributed by atoms with Gasteiger partial charge in [0.05, 0.1) is 24.3 Å². The van der Waals surface area contributed by atoms with Gasteiger partial charge in [-0.25, -0.2) is 0 Å². The Bertz CT molecular complexity index is 1230. The largest absolute Gasteiger partial charge is 0.480 e. The summed E-state index contributed by atoms with van der Waals surface area (Å²) in [4.78, 5) is 41.9. The van der Waals surface area contributed by atoms with E-state index < -0.39 is 42.5 Å². The van der Waals surface area contributed by atoms with Gasteiger partial charge in [-0.1, -0.05) is 60.7 Å². The second kappa shape index (κ2) is 12.3. The fourth-order valence-corrected chi connectivity index (χ4v) is 4.87. The van der Waals surface area contributed by atoms with Crippen molar-refractivity contribution in [3.05, 3.63) is 95.3 Å². The first-order chi connectivity index (χ1) is 18.3. The Morgan fingerprint density at radius 3 is 2.16 bits per heavy atom. The third-order valence-corrected chi connectivity index (χ3v) is 6.71. The minimum absolute atomic E-state index is 0.193. The lowest BCUT2D eigenvalue weighted by Crippen LogP contribution is -2.52. The average Bonchev–Trinajstić information content (AvgIpc) is 3.63. The SMILES string of the molecule is N=C(N)c1cc(C(NC(=O)[C@H](NCC(=O)O)C(c2ccccc2)c2ccccc2)C(=O)[C@@H]2CCCN2)c[nH]1. The number of amides is 1. The molecule has 0 aliphatic carbocycles. The Morgan fingerprint density at radius 2 is 1.66 bits per heavy atom. The van der Waals surface area contributed by atoms with E-state index in [1.807, 2.05) is 60.7 Å². The molecule has 4 rings (SSSR count). The number of hydrogen-bond acceptors (Lipinski definition) is 6. The topological polar surface area (TPSA) is 173 Å². The van der Waals surface area contributed by atoms with E-state index in [4.69, 9.17) is 11.1 Å². The fourth-order valence-electron chi connectivity index (χ4n) is 4.87. The molecule has 198 valence electrons. The number of amidine groups is 1. The monoisotopic (exact) mass is 516 g/mol. The summed E-state index contributed by atoms with van der Waals surface area (Å²) in [5.74, 6) is -2.57. The molecule has 1 aliphatic rings. The third-order valence-electron chi connectivity index (χ3n) is 6.71. The summed E-state index contributed by atoms with van der Waals surface area (Å²) in [5.41, 5.74) is 8.05. The number of Topliss-reactive ketones (excluding diaryl/α,β-unsaturated/α-hetero) is 1. The lowest BCUT2D eigenvalue weighted by molar-refractivity contribution is -0.136. The van der Waals surface area contributed by atoms with Gasteiger partial charge in [-0.2, -0.15) is 0 Å². The van der Waals surface area contributed by atoms with Crippen LogP contribution in [0.2, 0.25) is 0 Å². The predicted octanol–water partition coefficient (Wildman–Crippen LogP) is 1.65. The van der Waals surface area contributed by atoms with Gasteiger partial charge in [0.25, 0.3) is 0 Å². The van der Waals surface area contributed by atoms with E-state index in [9.17, 15) is 19.5 Å². The van der Waals surface area contributed by atoms with Crippen LogP contribution in [0.5, 0.6) is 0 Å². The zero-order valence-electron chi connectivity index (χ0n) is 20.8. The summed E-state index contributed by atoms with van der Waals surface area (Å²) in [6, 6.07) is 17.8.